The molecule has 3 aromatic rings. The average molecular weight is 391 g/mol. The van der Waals surface area contributed by atoms with Crippen LogP contribution in [0.25, 0.3) is 17.2 Å². The first kappa shape index (κ1) is 19.6. The van der Waals surface area contributed by atoms with E-state index >= 15 is 0 Å². The predicted molar refractivity (Wildman–Crippen MR) is 112 cm³/mol. The van der Waals surface area contributed by atoms with E-state index in [1.165, 1.54) is 6.08 Å². The number of benzene rings is 3. The SMILES string of the molecule is O=C(/C=C/c1cccc(-c2ccccc2)c1)NCCS(=O)(=O)c1ccccc1. The fraction of sp³-hybridized carbons (Fsp3) is 0.0870. The van der Waals surface area contributed by atoms with Gasteiger partial charge in [-0.05, 0) is 41.0 Å². The van der Waals surface area contributed by atoms with Crippen LogP contribution in [0.2, 0.25) is 0 Å². The minimum absolute atomic E-state index is 0.0600. The molecule has 0 heterocycles. The molecule has 0 atom stereocenters. The van der Waals surface area contributed by atoms with E-state index in [1.54, 1.807) is 36.4 Å². The van der Waals surface area contributed by atoms with Crippen molar-refractivity contribution in [2.45, 2.75) is 4.90 Å². The molecule has 1 N–H and O–H groups in total. The van der Waals surface area contributed by atoms with Crippen molar-refractivity contribution < 1.29 is 13.2 Å². The molecule has 3 rings (SSSR count). The molecule has 5 heteroatoms. The largest absolute Gasteiger partial charge is 0.352 e. The summed E-state index contributed by atoms with van der Waals surface area (Å²) in [5, 5.41) is 2.62. The fourth-order valence-corrected chi connectivity index (χ4v) is 3.92. The lowest BCUT2D eigenvalue weighted by molar-refractivity contribution is -0.116. The molecule has 28 heavy (non-hydrogen) atoms. The van der Waals surface area contributed by atoms with Gasteiger partial charge in [-0.25, -0.2) is 8.42 Å². The number of carbonyl (C=O) groups is 1. The van der Waals surface area contributed by atoms with Gasteiger partial charge in [0.05, 0.1) is 10.6 Å². The van der Waals surface area contributed by atoms with E-state index in [4.69, 9.17) is 0 Å². The van der Waals surface area contributed by atoms with E-state index in [2.05, 4.69) is 5.32 Å². The van der Waals surface area contributed by atoms with E-state index in [0.29, 0.717) is 0 Å². The van der Waals surface area contributed by atoms with Gasteiger partial charge in [-0.2, -0.15) is 0 Å². The van der Waals surface area contributed by atoms with Gasteiger partial charge in [0.2, 0.25) is 5.91 Å². The van der Waals surface area contributed by atoms with E-state index < -0.39 is 9.84 Å². The van der Waals surface area contributed by atoms with Crippen LogP contribution in [0.4, 0.5) is 0 Å². The molecule has 0 aliphatic carbocycles. The second-order valence-electron chi connectivity index (χ2n) is 6.25. The zero-order chi connectivity index (χ0) is 19.8. The summed E-state index contributed by atoms with van der Waals surface area (Å²) in [6.07, 6.45) is 3.13. The monoisotopic (exact) mass is 391 g/mol. The fourth-order valence-electron chi connectivity index (χ4n) is 2.74. The molecule has 0 spiro atoms. The Morgan fingerprint density at radius 2 is 1.46 bits per heavy atom. The van der Waals surface area contributed by atoms with Gasteiger partial charge in [-0.15, -0.1) is 0 Å². The zero-order valence-corrected chi connectivity index (χ0v) is 16.1. The second-order valence-corrected chi connectivity index (χ2v) is 8.36. The van der Waals surface area contributed by atoms with Crippen LogP contribution in [-0.2, 0) is 14.6 Å². The van der Waals surface area contributed by atoms with E-state index in [9.17, 15) is 13.2 Å². The van der Waals surface area contributed by atoms with Crippen LogP contribution in [0.1, 0.15) is 5.56 Å². The molecule has 142 valence electrons. The van der Waals surface area contributed by atoms with E-state index in [0.717, 1.165) is 16.7 Å². The number of hydrogen-bond acceptors (Lipinski definition) is 3. The normalized spacial score (nSPS) is 11.4. The number of amides is 1. The third-order valence-corrected chi connectivity index (χ3v) is 5.93. The summed E-state index contributed by atoms with van der Waals surface area (Å²) >= 11 is 0. The standard InChI is InChI=1S/C23H21NO3S/c25-23(24-16-17-28(26,27)22-12-5-2-6-13-22)15-14-19-8-7-11-21(18-19)20-9-3-1-4-10-20/h1-15,18H,16-17H2,(H,24,25)/b15-14+. The van der Waals surface area contributed by atoms with Crippen molar-refractivity contribution in [2.24, 2.45) is 0 Å². The summed E-state index contributed by atoms with van der Waals surface area (Å²) in [4.78, 5) is 12.3. The first-order chi connectivity index (χ1) is 13.5. The van der Waals surface area contributed by atoms with Gasteiger partial charge in [0.15, 0.2) is 9.84 Å². The Kier molecular flexibility index (Phi) is 6.40. The molecule has 0 radical (unpaired) electrons. The molecule has 1 amide bonds. The molecule has 4 nitrogen and oxygen atoms in total. The number of sulfone groups is 1. The number of carbonyl (C=O) groups excluding carboxylic acids is 1. The second kappa shape index (κ2) is 9.15. The van der Waals surface area contributed by atoms with Gasteiger partial charge in [0.25, 0.3) is 0 Å². The first-order valence-corrected chi connectivity index (χ1v) is 10.6. The Morgan fingerprint density at radius 1 is 0.821 bits per heavy atom. The highest BCUT2D eigenvalue weighted by Gasteiger charge is 2.13. The highest BCUT2D eigenvalue weighted by atomic mass is 32.2. The zero-order valence-electron chi connectivity index (χ0n) is 15.3. The van der Waals surface area contributed by atoms with Gasteiger partial charge >= 0.3 is 0 Å². The predicted octanol–water partition coefficient (Wildman–Crippen LogP) is 3.96. The van der Waals surface area contributed by atoms with Gasteiger partial charge in [-0.1, -0.05) is 66.7 Å². The van der Waals surface area contributed by atoms with Gasteiger partial charge in [-0.3, -0.25) is 4.79 Å². The molecule has 0 saturated heterocycles. The highest BCUT2D eigenvalue weighted by molar-refractivity contribution is 7.91. The molecular formula is C23H21NO3S. The number of hydrogen-bond donors (Lipinski definition) is 1. The Bertz CT molecular complexity index is 1060. The minimum Gasteiger partial charge on any atom is -0.352 e. The molecule has 0 bridgehead atoms. The smallest absolute Gasteiger partial charge is 0.244 e. The number of nitrogens with one attached hydrogen (secondary N) is 1. The lowest BCUT2D eigenvalue weighted by Gasteiger charge is -2.05. The Labute approximate surface area is 165 Å². The van der Waals surface area contributed by atoms with Crippen LogP contribution in [-0.4, -0.2) is 26.6 Å². The maximum atomic E-state index is 12.2. The topological polar surface area (TPSA) is 63.2 Å². The molecule has 3 aromatic carbocycles. The summed E-state index contributed by atoms with van der Waals surface area (Å²) in [6, 6.07) is 26.1. The van der Waals surface area contributed by atoms with E-state index in [1.807, 2.05) is 54.6 Å². The molecule has 0 aliphatic heterocycles. The average Bonchev–Trinajstić information content (AvgIpc) is 2.74. The van der Waals surface area contributed by atoms with Crippen molar-refractivity contribution in [3.63, 3.8) is 0 Å². The summed E-state index contributed by atoms with van der Waals surface area (Å²) in [5.74, 6) is -0.464. The van der Waals surface area contributed by atoms with Crippen molar-refractivity contribution in [3.8, 4) is 11.1 Å². The van der Waals surface area contributed by atoms with Crippen LogP contribution < -0.4 is 5.32 Å². The molecule has 0 fully saturated rings. The minimum atomic E-state index is -3.40. The van der Waals surface area contributed by atoms with Crippen molar-refractivity contribution in [2.75, 3.05) is 12.3 Å². The third kappa shape index (κ3) is 5.41. The molecule has 0 aromatic heterocycles. The summed E-state index contributed by atoms with van der Waals surface area (Å²) in [5.41, 5.74) is 3.07. The van der Waals surface area contributed by atoms with Crippen molar-refractivity contribution in [3.05, 3.63) is 96.6 Å². The number of rotatable bonds is 7. The maximum absolute atomic E-state index is 12.2. The molecule has 0 aliphatic rings. The Morgan fingerprint density at radius 3 is 2.18 bits per heavy atom. The van der Waals surface area contributed by atoms with Crippen molar-refractivity contribution in [1.29, 1.82) is 0 Å². The van der Waals surface area contributed by atoms with Crippen molar-refractivity contribution in [1.82, 2.24) is 5.32 Å². The van der Waals surface area contributed by atoms with Crippen LogP contribution in [0.5, 0.6) is 0 Å². The van der Waals surface area contributed by atoms with Crippen LogP contribution in [0.15, 0.2) is 95.9 Å². The molecule has 0 unspecified atom stereocenters. The summed E-state index contributed by atoms with van der Waals surface area (Å²) in [7, 11) is -3.40. The quantitative estimate of drug-likeness (QED) is 0.620. The van der Waals surface area contributed by atoms with E-state index in [-0.39, 0.29) is 23.1 Å². The Hall–Kier alpha value is -3.18. The van der Waals surface area contributed by atoms with Crippen molar-refractivity contribution >= 4 is 21.8 Å². The van der Waals surface area contributed by atoms with Crippen LogP contribution in [0, 0.1) is 0 Å². The van der Waals surface area contributed by atoms with Gasteiger partial charge in [0, 0.05) is 12.6 Å². The lowest BCUT2D eigenvalue weighted by Crippen LogP contribution is -2.27. The summed E-state index contributed by atoms with van der Waals surface area (Å²) in [6.45, 7) is 0.0600. The molecule has 0 saturated carbocycles. The molecular weight excluding hydrogens is 370 g/mol. The lowest BCUT2D eigenvalue weighted by atomic mass is 10.0. The highest BCUT2D eigenvalue weighted by Crippen LogP contribution is 2.20. The van der Waals surface area contributed by atoms with Gasteiger partial charge < -0.3 is 5.32 Å². The summed E-state index contributed by atoms with van der Waals surface area (Å²) < 4.78 is 24.4. The maximum Gasteiger partial charge on any atom is 0.244 e. The van der Waals surface area contributed by atoms with Crippen LogP contribution >= 0.6 is 0 Å². The van der Waals surface area contributed by atoms with Gasteiger partial charge in [0.1, 0.15) is 0 Å². The van der Waals surface area contributed by atoms with Crippen LogP contribution in [0.3, 0.4) is 0 Å². The Balaban J connectivity index is 1.56. The third-order valence-electron chi connectivity index (χ3n) is 4.19. The first-order valence-electron chi connectivity index (χ1n) is 8.94.